The van der Waals surface area contributed by atoms with Gasteiger partial charge in [-0.3, -0.25) is 14.6 Å². The number of piperazine rings is 1. The third-order valence-corrected chi connectivity index (χ3v) is 5.64. The molecule has 0 aliphatic carbocycles. The molecule has 0 radical (unpaired) electrons. The van der Waals surface area contributed by atoms with Crippen molar-refractivity contribution in [3.63, 3.8) is 0 Å². The number of carbonyl (C=O) groups is 1. The normalized spacial score (nSPS) is 15.0. The molecular formula is C23H26ClN5O3. The zero-order chi connectivity index (χ0) is 22.5. The summed E-state index contributed by atoms with van der Waals surface area (Å²) in [4.78, 5) is 21.4. The van der Waals surface area contributed by atoms with Crippen molar-refractivity contribution in [1.82, 2.24) is 19.9 Å². The van der Waals surface area contributed by atoms with Crippen LogP contribution in [0.2, 0.25) is 5.02 Å². The number of aromatic nitrogens is 2. The number of methoxy groups -OCH3 is 1. The summed E-state index contributed by atoms with van der Waals surface area (Å²) in [5.41, 5.74) is 2.63. The monoisotopic (exact) mass is 455 g/mol. The molecule has 0 atom stereocenters. The van der Waals surface area contributed by atoms with E-state index in [1.165, 1.54) is 0 Å². The van der Waals surface area contributed by atoms with Gasteiger partial charge in [0.05, 0.1) is 25.9 Å². The van der Waals surface area contributed by atoms with E-state index >= 15 is 0 Å². The van der Waals surface area contributed by atoms with E-state index in [9.17, 15) is 4.79 Å². The minimum absolute atomic E-state index is 0.0492. The van der Waals surface area contributed by atoms with E-state index < -0.39 is 0 Å². The summed E-state index contributed by atoms with van der Waals surface area (Å²) < 4.78 is 10.8. The lowest BCUT2D eigenvalue weighted by Crippen LogP contribution is -2.48. The first kappa shape index (κ1) is 22.3. The van der Waals surface area contributed by atoms with E-state index in [0.717, 1.165) is 37.3 Å². The number of carbonyl (C=O) groups excluding carboxylic acids is 1. The summed E-state index contributed by atoms with van der Waals surface area (Å²) in [6.45, 7) is 6.12. The Morgan fingerprint density at radius 3 is 2.56 bits per heavy atom. The summed E-state index contributed by atoms with van der Waals surface area (Å²) in [6, 6.07) is 13.1. The molecule has 168 valence electrons. The van der Waals surface area contributed by atoms with Crippen molar-refractivity contribution in [2.45, 2.75) is 13.5 Å². The third-order valence-electron chi connectivity index (χ3n) is 5.39. The van der Waals surface area contributed by atoms with Crippen LogP contribution in [0.4, 0.5) is 5.69 Å². The number of benzene rings is 2. The van der Waals surface area contributed by atoms with Crippen molar-refractivity contribution < 1.29 is 14.1 Å². The Balaban J connectivity index is 1.25. The second-order valence-electron chi connectivity index (χ2n) is 7.82. The highest BCUT2D eigenvalue weighted by atomic mass is 35.5. The maximum atomic E-state index is 12.5. The van der Waals surface area contributed by atoms with E-state index in [0.29, 0.717) is 41.3 Å². The first-order chi connectivity index (χ1) is 15.5. The Bertz CT molecular complexity index is 1060. The number of aryl methyl sites for hydroxylation is 1. The van der Waals surface area contributed by atoms with E-state index in [4.69, 9.17) is 20.9 Å². The number of nitrogens with one attached hydrogen (secondary N) is 1. The van der Waals surface area contributed by atoms with Gasteiger partial charge < -0.3 is 14.6 Å². The van der Waals surface area contributed by atoms with Crippen molar-refractivity contribution in [2.24, 2.45) is 0 Å². The van der Waals surface area contributed by atoms with Gasteiger partial charge in [0.2, 0.25) is 17.6 Å². The molecule has 9 heteroatoms. The maximum absolute atomic E-state index is 12.5. The molecule has 32 heavy (non-hydrogen) atoms. The van der Waals surface area contributed by atoms with Crippen molar-refractivity contribution in [3.05, 3.63) is 58.9 Å². The van der Waals surface area contributed by atoms with Crippen molar-refractivity contribution in [1.29, 1.82) is 0 Å². The summed E-state index contributed by atoms with van der Waals surface area (Å²) >= 11 is 5.93. The minimum atomic E-state index is -0.0492. The molecule has 1 aliphatic rings. The molecule has 8 nitrogen and oxygen atoms in total. The summed E-state index contributed by atoms with van der Waals surface area (Å²) in [5.74, 6) is 1.74. The van der Waals surface area contributed by atoms with Gasteiger partial charge in [0.1, 0.15) is 5.75 Å². The molecule has 1 N–H and O–H groups in total. The van der Waals surface area contributed by atoms with Gasteiger partial charge in [-0.1, -0.05) is 22.8 Å². The van der Waals surface area contributed by atoms with Crippen LogP contribution in [0, 0.1) is 6.92 Å². The SMILES string of the molecule is COc1ccc(C)cc1NC(=O)CN1CCN(Cc2nc(-c3ccc(Cl)cc3)no2)CC1. The van der Waals surface area contributed by atoms with Crippen LogP contribution in [0.15, 0.2) is 47.0 Å². The molecule has 1 amide bonds. The number of anilines is 1. The number of amides is 1. The Kier molecular flexibility index (Phi) is 7.04. The molecule has 3 aromatic rings. The fourth-order valence-corrected chi connectivity index (χ4v) is 3.77. The zero-order valence-electron chi connectivity index (χ0n) is 18.2. The molecule has 0 bridgehead atoms. The second kappa shape index (κ2) is 10.1. The molecule has 2 heterocycles. The van der Waals surface area contributed by atoms with Crippen LogP contribution in [0.25, 0.3) is 11.4 Å². The van der Waals surface area contributed by atoms with Crippen LogP contribution < -0.4 is 10.1 Å². The van der Waals surface area contributed by atoms with Crippen LogP contribution in [0.1, 0.15) is 11.5 Å². The lowest BCUT2D eigenvalue weighted by atomic mass is 10.2. The number of hydrogen-bond donors (Lipinski definition) is 1. The van der Waals surface area contributed by atoms with Gasteiger partial charge in [0, 0.05) is 36.8 Å². The van der Waals surface area contributed by atoms with Gasteiger partial charge in [0.25, 0.3) is 0 Å². The highest BCUT2D eigenvalue weighted by molar-refractivity contribution is 6.30. The van der Waals surface area contributed by atoms with Crippen LogP contribution >= 0.6 is 11.6 Å². The topological polar surface area (TPSA) is 83.7 Å². The Hall–Kier alpha value is -2.94. The van der Waals surface area contributed by atoms with Gasteiger partial charge in [-0.05, 0) is 48.9 Å². The van der Waals surface area contributed by atoms with Crippen molar-refractivity contribution >= 4 is 23.2 Å². The van der Waals surface area contributed by atoms with Gasteiger partial charge in [-0.15, -0.1) is 0 Å². The second-order valence-corrected chi connectivity index (χ2v) is 8.26. The van der Waals surface area contributed by atoms with Gasteiger partial charge >= 0.3 is 0 Å². The average molecular weight is 456 g/mol. The average Bonchev–Trinajstić information content (AvgIpc) is 3.24. The number of halogens is 1. The molecule has 1 saturated heterocycles. The van der Waals surface area contributed by atoms with E-state index in [1.54, 1.807) is 19.2 Å². The van der Waals surface area contributed by atoms with Gasteiger partial charge in [-0.25, -0.2) is 0 Å². The maximum Gasteiger partial charge on any atom is 0.241 e. The first-order valence-corrected chi connectivity index (χ1v) is 10.9. The smallest absolute Gasteiger partial charge is 0.241 e. The Labute approximate surface area is 192 Å². The quantitative estimate of drug-likeness (QED) is 0.584. The molecule has 0 unspecified atom stereocenters. The summed E-state index contributed by atoms with van der Waals surface area (Å²) in [7, 11) is 1.60. The number of hydrogen-bond acceptors (Lipinski definition) is 7. The van der Waals surface area contributed by atoms with Crippen molar-refractivity contribution in [2.75, 3.05) is 45.2 Å². The Morgan fingerprint density at radius 2 is 1.84 bits per heavy atom. The fraction of sp³-hybridized carbons (Fsp3) is 0.348. The van der Waals surface area contributed by atoms with Crippen molar-refractivity contribution in [3.8, 4) is 17.1 Å². The molecule has 0 spiro atoms. The zero-order valence-corrected chi connectivity index (χ0v) is 18.9. The lowest BCUT2D eigenvalue weighted by Gasteiger charge is -2.33. The van der Waals surface area contributed by atoms with Crippen LogP contribution in [0.5, 0.6) is 5.75 Å². The molecule has 1 aliphatic heterocycles. The molecule has 4 rings (SSSR count). The largest absolute Gasteiger partial charge is 0.495 e. The van der Waals surface area contributed by atoms with Gasteiger partial charge in [-0.2, -0.15) is 4.98 Å². The lowest BCUT2D eigenvalue weighted by molar-refractivity contribution is -0.117. The fourth-order valence-electron chi connectivity index (χ4n) is 3.64. The van der Waals surface area contributed by atoms with Crippen LogP contribution in [0.3, 0.4) is 0 Å². The number of nitrogens with zero attached hydrogens (tertiary/aromatic N) is 4. The minimum Gasteiger partial charge on any atom is -0.495 e. The predicted molar refractivity (Wildman–Crippen MR) is 123 cm³/mol. The Morgan fingerprint density at radius 1 is 1.12 bits per heavy atom. The number of rotatable bonds is 7. The van der Waals surface area contributed by atoms with E-state index in [-0.39, 0.29) is 5.91 Å². The number of ether oxygens (including phenoxy) is 1. The standard InChI is InChI=1S/C23H26ClN5O3/c1-16-3-8-20(31-2)19(13-16)25-21(30)14-28-9-11-29(12-10-28)15-22-26-23(27-32-22)17-4-6-18(24)7-5-17/h3-8,13H,9-12,14-15H2,1-2H3,(H,25,30). The third kappa shape index (κ3) is 5.64. The first-order valence-electron chi connectivity index (χ1n) is 10.5. The predicted octanol–water partition coefficient (Wildman–Crippen LogP) is 3.46. The summed E-state index contributed by atoms with van der Waals surface area (Å²) in [5, 5.41) is 7.70. The van der Waals surface area contributed by atoms with E-state index in [2.05, 4.69) is 25.3 Å². The molecule has 2 aromatic carbocycles. The molecule has 1 fully saturated rings. The molecule has 0 saturated carbocycles. The highest BCUT2D eigenvalue weighted by Crippen LogP contribution is 2.25. The van der Waals surface area contributed by atoms with Crippen LogP contribution in [-0.4, -0.2) is 65.7 Å². The van der Waals surface area contributed by atoms with Gasteiger partial charge in [0.15, 0.2) is 0 Å². The summed E-state index contributed by atoms with van der Waals surface area (Å²) in [6.07, 6.45) is 0. The molecular weight excluding hydrogens is 430 g/mol. The highest BCUT2D eigenvalue weighted by Gasteiger charge is 2.21. The molecule has 1 aromatic heterocycles. The van der Waals surface area contributed by atoms with E-state index in [1.807, 2.05) is 37.3 Å². The van der Waals surface area contributed by atoms with Crippen LogP contribution in [-0.2, 0) is 11.3 Å².